The van der Waals surface area contributed by atoms with E-state index in [9.17, 15) is 19.2 Å². The molecule has 1 aliphatic carbocycles. The van der Waals surface area contributed by atoms with E-state index in [1.165, 1.54) is 89.9 Å². The molecule has 220 valence electrons. The fourth-order valence-corrected chi connectivity index (χ4v) is 5.17. The number of unbranched alkanes of at least 4 members (excludes halogenated alkanes) is 18. The van der Waals surface area contributed by atoms with Crippen molar-refractivity contribution >= 4 is 23.5 Å². The van der Waals surface area contributed by atoms with Crippen LogP contribution < -0.4 is 0 Å². The Hall–Kier alpha value is -1.72. The third-order valence-corrected chi connectivity index (χ3v) is 7.64. The maximum absolute atomic E-state index is 12.7. The van der Waals surface area contributed by atoms with Crippen LogP contribution in [0.1, 0.15) is 155 Å². The van der Waals surface area contributed by atoms with Gasteiger partial charge in [0.05, 0.1) is 13.2 Å². The van der Waals surface area contributed by atoms with Gasteiger partial charge in [0.25, 0.3) is 0 Å². The molecule has 0 saturated heterocycles. The van der Waals surface area contributed by atoms with Crippen LogP contribution in [0.5, 0.6) is 0 Å². The third kappa shape index (κ3) is 15.6. The molecule has 38 heavy (non-hydrogen) atoms. The van der Waals surface area contributed by atoms with Gasteiger partial charge < -0.3 is 9.47 Å². The number of hydrogen-bond donors (Lipinski definition) is 0. The lowest BCUT2D eigenvalue weighted by molar-refractivity contribution is -0.168. The molecule has 6 nitrogen and oxygen atoms in total. The van der Waals surface area contributed by atoms with Crippen molar-refractivity contribution in [3.63, 3.8) is 0 Å². The van der Waals surface area contributed by atoms with E-state index < -0.39 is 35.3 Å². The zero-order valence-corrected chi connectivity index (χ0v) is 24.6. The van der Waals surface area contributed by atoms with Gasteiger partial charge in [0.2, 0.25) is 0 Å². The Labute approximate surface area is 232 Å². The number of carbonyl (C=O) groups is 4. The molecule has 0 bridgehead atoms. The van der Waals surface area contributed by atoms with E-state index in [-0.39, 0.29) is 26.1 Å². The first-order chi connectivity index (χ1) is 18.5. The van der Waals surface area contributed by atoms with Crippen LogP contribution in [0.4, 0.5) is 0 Å². The summed E-state index contributed by atoms with van der Waals surface area (Å²) in [5.41, 5.74) is 0. The number of rotatable bonds is 24. The zero-order chi connectivity index (χ0) is 27.8. The van der Waals surface area contributed by atoms with Gasteiger partial charge in [-0.1, -0.05) is 129 Å². The second-order valence-electron chi connectivity index (χ2n) is 11.1. The summed E-state index contributed by atoms with van der Waals surface area (Å²) in [4.78, 5) is 50.4. The highest BCUT2D eigenvalue weighted by Gasteiger charge is 2.48. The van der Waals surface area contributed by atoms with E-state index in [0.29, 0.717) is 0 Å². The molecule has 1 rings (SSSR count). The molecule has 0 N–H and O–H groups in total. The molecule has 1 saturated carbocycles. The van der Waals surface area contributed by atoms with Crippen molar-refractivity contribution in [2.45, 2.75) is 155 Å². The van der Waals surface area contributed by atoms with Gasteiger partial charge in [0.1, 0.15) is 23.4 Å². The van der Waals surface area contributed by atoms with Gasteiger partial charge >= 0.3 is 11.9 Å². The highest BCUT2D eigenvalue weighted by Crippen LogP contribution is 2.27. The second kappa shape index (κ2) is 23.2. The summed E-state index contributed by atoms with van der Waals surface area (Å²) in [6, 6.07) is 0. The van der Waals surface area contributed by atoms with Crippen LogP contribution in [0.25, 0.3) is 0 Å². The van der Waals surface area contributed by atoms with Crippen molar-refractivity contribution < 1.29 is 28.7 Å². The van der Waals surface area contributed by atoms with Crippen molar-refractivity contribution in [1.29, 1.82) is 0 Å². The lowest BCUT2D eigenvalue weighted by Crippen LogP contribution is -2.45. The van der Waals surface area contributed by atoms with Crippen molar-refractivity contribution in [3.8, 4) is 0 Å². The van der Waals surface area contributed by atoms with E-state index in [2.05, 4.69) is 13.8 Å². The Bertz CT molecular complexity index is 602. The molecule has 0 aromatic heterocycles. The highest BCUT2D eigenvalue weighted by atomic mass is 16.5. The predicted octanol–water partition coefficient (Wildman–Crippen LogP) is 8.08. The molecule has 6 heteroatoms. The van der Waals surface area contributed by atoms with Gasteiger partial charge in [-0.15, -0.1) is 0 Å². The molecular weight excluding hydrogens is 480 g/mol. The van der Waals surface area contributed by atoms with Crippen molar-refractivity contribution in [2.24, 2.45) is 11.8 Å². The molecule has 1 aliphatic rings. The van der Waals surface area contributed by atoms with Crippen LogP contribution in [0.3, 0.4) is 0 Å². The summed E-state index contributed by atoms with van der Waals surface area (Å²) >= 11 is 0. The molecule has 0 aromatic rings. The molecule has 2 atom stereocenters. The molecule has 0 radical (unpaired) electrons. The Morgan fingerprint density at radius 3 is 1.05 bits per heavy atom. The smallest absolute Gasteiger partial charge is 0.317 e. The standard InChI is InChI=1S/C32H56O6/c1-3-5-7-9-11-13-15-17-19-21-25-37-31(35)29-27(33)23-24-28(34)30(29)32(36)38-26-22-20-18-16-14-12-10-8-6-4-2/h29-30H,3-26H2,1-2H3. The Morgan fingerprint density at radius 1 is 0.500 bits per heavy atom. The first-order valence-corrected chi connectivity index (χ1v) is 15.9. The second-order valence-corrected chi connectivity index (χ2v) is 11.1. The Balaban J connectivity index is 2.25. The lowest BCUT2D eigenvalue weighted by Gasteiger charge is -2.26. The van der Waals surface area contributed by atoms with Crippen LogP contribution >= 0.6 is 0 Å². The number of Topliss-reactive ketones (excluding diaryl/α,β-unsaturated/α-hetero) is 2. The van der Waals surface area contributed by atoms with Crippen LogP contribution in [-0.2, 0) is 28.7 Å². The van der Waals surface area contributed by atoms with Gasteiger partial charge in [-0.05, 0) is 12.8 Å². The van der Waals surface area contributed by atoms with Gasteiger partial charge in [0, 0.05) is 12.8 Å². The number of ether oxygens (including phenoxy) is 2. The van der Waals surface area contributed by atoms with Crippen molar-refractivity contribution in [1.82, 2.24) is 0 Å². The van der Waals surface area contributed by atoms with E-state index in [1.807, 2.05) is 0 Å². The summed E-state index contributed by atoms with van der Waals surface area (Å²) in [6.45, 7) is 4.88. The monoisotopic (exact) mass is 536 g/mol. The molecular formula is C32H56O6. The largest absolute Gasteiger partial charge is 0.465 e. The first kappa shape index (κ1) is 34.3. The molecule has 2 unspecified atom stereocenters. The van der Waals surface area contributed by atoms with Crippen LogP contribution in [0.15, 0.2) is 0 Å². The molecule has 0 aromatic carbocycles. The van der Waals surface area contributed by atoms with E-state index >= 15 is 0 Å². The van der Waals surface area contributed by atoms with Crippen molar-refractivity contribution in [2.75, 3.05) is 13.2 Å². The average Bonchev–Trinajstić information content (AvgIpc) is 2.91. The predicted molar refractivity (Wildman–Crippen MR) is 152 cm³/mol. The minimum atomic E-state index is -1.35. The fourth-order valence-electron chi connectivity index (χ4n) is 5.17. The maximum Gasteiger partial charge on any atom is 0.317 e. The number of ketones is 2. The summed E-state index contributed by atoms with van der Waals surface area (Å²) in [7, 11) is 0. The highest BCUT2D eigenvalue weighted by molar-refractivity contribution is 6.14. The lowest BCUT2D eigenvalue weighted by atomic mass is 9.77. The van der Waals surface area contributed by atoms with Gasteiger partial charge in [-0.25, -0.2) is 0 Å². The summed E-state index contributed by atoms with van der Waals surface area (Å²) in [5.74, 6) is -4.98. The Morgan fingerprint density at radius 2 is 0.763 bits per heavy atom. The fraction of sp³-hybridized carbons (Fsp3) is 0.875. The third-order valence-electron chi connectivity index (χ3n) is 7.64. The minimum Gasteiger partial charge on any atom is -0.465 e. The summed E-state index contributed by atoms with van der Waals surface area (Å²) in [5, 5.41) is 0. The first-order valence-electron chi connectivity index (χ1n) is 15.9. The molecule has 0 spiro atoms. The molecule has 1 fully saturated rings. The zero-order valence-electron chi connectivity index (χ0n) is 24.6. The van der Waals surface area contributed by atoms with Crippen LogP contribution in [0, 0.1) is 11.8 Å². The van der Waals surface area contributed by atoms with E-state index in [0.717, 1.165) is 38.5 Å². The van der Waals surface area contributed by atoms with Gasteiger partial charge in [0.15, 0.2) is 0 Å². The number of carbonyl (C=O) groups excluding carboxylic acids is 4. The topological polar surface area (TPSA) is 86.7 Å². The van der Waals surface area contributed by atoms with Crippen molar-refractivity contribution in [3.05, 3.63) is 0 Å². The minimum absolute atomic E-state index is 0.0148. The number of esters is 2. The molecule has 0 heterocycles. The normalized spacial score (nSPS) is 17.5. The summed E-state index contributed by atoms with van der Waals surface area (Å²) < 4.78 is 10.7. The maximum atomic E-state index is 12.7. The summed E-state index contributed by atoms with van der Waals surface area (Å²) in [6.07, 6.45) is 23.4. The van der Waals surface area contributed by atoms with Crippen LogP contribution in [0.2, 0.25) is 0 Å². The molecule has 0 aliphatic heterocycles. The van der Waals surface area contributed by atoms with E-state index in [1.54, 1.807) is 0 Å². The average molecular weight is 537 g/mol. The van der Waals surface area contributed by atoms with Gasteiger partial charge in [-0.3, -0.25) is 19.2 Å². The molecule has 0 amide bonds. The van der Waals surface area contributed by atoms with Gasteiger partial charge in [-0.2, -0.15) is 0 Å². The quantitative estimate of drug-likeness (QED) is 0.0704. The SMILES string of the molecule is CCCCCCCCCCCCOC(=O)C1C(=O)CCC(=O)C1C(=O)OCCCCCCCCCCCC. The van der Waals surface area contributed by atoms with E-state index in [4.69, 9.17) is 9.47 Å². The Kier molecular flexibility index (Phi) is 20.9. The number of hydrogen-bond acceptors (Lipinski definition) is 6. The van der Waals surface area contributed by atoms with Crippen LogP contribution in [-0.4, -0.2) is 36.7 Å².